The molecular formula is C15H15NS3. The topological polar surface area (TPSA) is 3.24 Å². The van der Waals surface area contributed by atoms with Gasteiger partial charge in [-0.15, -0.1) is 23.5 Å². The van der Waals surface area contributed by atoms with Crippen molar-refractivity contribution in [3.05, 3.63) is 51.7 Å². The maximum absolute atomic E-state index is 2.59. The van der Waals surface area contributed by atoms with Crippen LogP contribution in [0.15, 0.2) is 35.0 Å². The van der Waals surface area contributed by atoms with Gasteiger partial charge in [-0.1, -0.05) is 17.7 Å². The summed E-state index contributed by atoms with van der Waals surface area (Å²) in [6, 6.07) is 8.98. The minimum atomic E-state index is 0.143. The Morgan fingerprint density at radius 1 is 1.05 bits per heavy atom. The maximum atomic E-state index is 2.59. The summed E-state index contributed by atoms with van der Waals surface area (Å²) in [4.78, 5) is 2.59. The summed E-state index contributed by atoms with van der Waals surface area (Å²) >= 11 is 6.05. The van der Waals surface area contributed by atoms with Crippen molar-refractivity contribution in [3.8, 4) is 0 Å². The van der Waals surface area contributed by atoms with Gasteiger partial charge in [0.2, 0.25) is 0 Å². The highest BCUT2D eigenvalue weighted by Gasteiger charge is 2.49. The molecule has 1 saturated heterocycles. The summed E-state index contributed by atoms with van der Waals surface area (Å²) in [6.07, 6.45) is 0. The van der Waals surface area contributed by atoms with Gasteiger partial charge in [-0.05, 0) is 35.4 Å². The Hall–Kier alpha value is -0.580. The number of aryl methyl sites for hydroxylation is 1. The molecule has 1 aromatic heterocycles. The van der Waals surface area contributed by atoms with Gasteiger partial charge < -0.3 is 4.90 Å². The summed E-state index contributed by atoms with van der Waals surface area (Å²) in [5.41, 5.74) is 5.75. The summed E-state index contributed by atoms with van der Waals surface area (Å²) in [5, 5.41) is 4.68. The molecule has 2 aliphatic rings. The van der Waals surface area contributed by atoms with Gasteiger partial charge in [0.05, 0.1) is 0 Å². The van der Waals surface area contributed by atoms with Crippen LogP contribution in [0.1, 0.15) is 16.7 Å². The lowest BCUT2D eigenvalue weighted by Crippen LogP contribution is -2.33. The third-order valence-electron chi connectivity index (χ3n) is 3.79. The first kappa shape index (κ1) is 12.2. The van der Waals surface area contributed by atoms with Crippen molar-refractivity contribution in [2.75, 3.05) is 16.4 Å². The van der Waals surface area contributed by atoms with Gasteiger partial charge in [0.1, 0.15) is 0 Å². The molecule has 2 aromatic rings. The second-order valence-corrected chi connectivity index (χ2v) is 8.59. The minimum Gasteiger partial charge on any atom is -0.340 e. The van der Waals surface area contributed by atoms with Crippen LogP contribution in [0.25, 0.3) is 0 Å². The Balaban J connectivity index is 1.81. The van der Waals surface area contributed by atoms with E-state index in [9.17, 15) is 0 Å². The van der Waals surface area contributed by atoms with Crippen LogP contribution in [0.4, 0.5) is 5.69 Å². The molecule has 0 saturated carbocycles. The van der Waals surface area contributed by atoms with Crippen molar-refractivity contribution in [2.45, 2.75) is 17.7 Å². The fourth-order valence-corrected chi connectivity index (χ4v) is 7.28. The third-order valence-corrected chi connectivity index (χ3v) is 8.03. The quantitative estimate of drug-likeness (QED) is 0.754. The van der Waals surface area contributed by atoms with E-state index in [-0.39, 0.29) is 4.20 Å². The molecular weight excluding hydrogens is 290 g/mol. The number of fused-ring (bicyclic) bond motifs is 2. The number of rotatable bonds is 1. The number of thiophene rings is 1. The van der Waals surface area contributed by atoms with Gasteiger partial charge in [-0.2, -0.15) is 11.3 Å². The molecule has 0 N–H and O–H groups in total. The lowest BCUT2D eigenvalue weighted by atomic mass is 10.2. The highest BCUT2D eigenvalue weighted by molar-refractivity contribution is 8.20. The third kappa shape index (κ3) is 1.77. The van der Waals surface area contributed by atoms with Gasteiger partial charge in [0.15, 0.2) is 4.20 Å². The van der Waals surface area contributed by atoms with Crippen LogP contribution in [0, 0.1) is 6.92 Å². The van der Waals surface area contributed by atoms with Gasteiger partial charge in [0.25, 0.3) is 0 Å². The fourth-order valence-electron chi connectivity index (χ4n) is 2.84. The monoisotopic (exact) mass is 305 g/mol. The van der Waals surface area contributed by atoms with E-state index in [4.69, 9.17) is 0 Å². The predicted molar refractivity (Wildman–Crippen MR) is 88.3 cm³/mol. The lowest BCUT2D eigenvalue weighted by Gasteiger charge is -2.35. The molecule has 0 amide bonds. The molecule has 19 heavy (non-hydrogen) atoms. The van der Waals surface area contributed by atoms with Crippen molar-refractivity contribution < 1.29 is 0 Å². The van der Waals surface area contributed by atoms with E-state index in [1.807, 2.05) is 11.3 Å². The number of benzene rings is 1. The first-order valence-electron chi connectivity index (χ1n) is 6.47. The molecule has 0 radical (unpaired) electrons. The van der Waals surface area contributed by atoms with Crippen LogP contribution in [0.5, 0.6) is 0 Å². The standard InChI is InChI=1S/C15H15NS3/c1-11-2-4-13(5-3-11)16-8-12-9-17-10-14(12)15(16)18-6-7-19-15/h2-5,9-10H,6-8H2,1H3. The normalized spacial score (nSPS) is 20.2. The SMILES string of the molecule is Cc1ccc(N2Cc3cscc3C23SCCS3)cc1. The maximum Gasteiger partial charge on any atom is 0.161 e. The van der Waals surface area contributed by atoms with E-state index in [2.05, 4.69) is 70.4 Å². The largest absolute Gasteiger partial charge is 0.340 e. The average molecular weight is 305 g/mol. The zero-order chi connectivity index (χ0) is 12.9. The van der Waals surface area contributed by atoms with Gasteiger partial charge in [-0.25, -0.2) is 0 Å². The van der Waals surface area contributed by atoms with Crippen molar-refractivity contribution in [3.63, 3.8) is 0 Å². The molecule has 1 spiro atoms. The van der Waals surface area contributed by atoms with Crippen LogP contribution in [0.2, 0.25) is 0 Å². The van der Waals surface area contributed by atoms with Crippen LogP contribution < -0.4 is 4.90 Å². The summed E-state index contributed by atoms with van der Waals surface area (Å²) in [5.74, 6) is 2.50. The summed E-state index contributed by atoms with van der Waals surface area (Å²) < 4.78 is 0.143. The number of thioether (sulfide) groups is 2. The van der Waals surface area contributed by atoms with Crippen molar-refractivity contribution in [1.82, 2.24) is 0 Å². The van der Waals surface area contributed by atoms with Gasteiger partial charge >= 0.3 is 0 Å². The number of nitrogens with zero attached hydrogens (tertiary/aromatic N) is 1. The van der Waals surface area contributed by atoms with E-state index in [1.54, 1.807) is 5.56 Å². The lowest BCUT2D eigenvalue weighted by molar-refractivity contribution is 0.820. The molecule has 0 aliphatic carbocycles. The molecule has 0 atom stereocenters. The van der Waals surface area contributed by atoms with E-state index in [0.717, 1.165) is 6.54 Å². The zero-order valence-corrected chi connectivity index (χ0v) is 13.2. The highest BCUT2D eigenvalue weighted by atomic mass is 32.2. The van der Waals surface area contributed by atoms with Crippen LogP contribution in [-0.4, -0.2) is 11.5 Å². The first-order chi connectivity index (χ1) is 9.29. The van der Waals surface area contributed by atoms with Crippen molar-refractivity contribution in [2.24, 2.45) is 0 Å². The first-order valence-corrected chi connectivity index (χ1v) is 9.39. The number of hydrogen-bond acceptors (Lipinski definition) is 4. The second kappa shape index (κ2) is 4.47. The average Bonchev–Trinajstić information content (AvgIpc) is 3.11. The summed E-state index contributed by atoms with van der Waals surface area (Å²) in [7, 11) is 0. The fraction of sp³-hybridized carbons (Fsp3) is 0.333. The zero-order valence-electron chi connectivity index (χ0n) is 10.8. The molecule has 4 rings (SSSR count). The van der Waals surface area contributed by atoms with E-state index >= 15 is 0 Å². The highest BCUT2D eigenvalue weighted by Crippen LogP contribution is 2.60. The van der Waals surface area contributed by atoms with E-state index < -0.39 is 0 Å². The Morgan fingerprint density at radius 2 is 1.79 bits per heavy atom. The Morgan fingerprint density at radius 3 is 2.53 bits per heavy atom. The smallest absolute Gasteiger partial charge is 0.161 e. The van der Waals surface area contributed by atoms with Crippen molar-refractivity contribution in [1.29, 1.82) is 0 Å². The van der Waals surface area contributed by atoms with Gasteiger partial charge in [-0.3, -0.25) is 0 Å². The molecule has 4 heteroatoms. The molecule has 1 fully saturated rings. The van der Waals surface area contributed by atoms with Crippen LogP contribution in [-0.2, 0) is 10.7 Å². The number of anilines is 1. The molecule has 0 unspecified atom stereocenters. The Labute approximate surface area is 126 Å². The Bertz CT molecular complexity index is 596. The molecule has 98 valence electrons. The Kier molecular flexibility index (Phi) is 2.87. The molecule has 2 aliphatic heterocycles. The molecule has 0 bridgehead atoms. The van der Waals surface area contributed by atoms with Crippen molar-refractivity contribution >= 4 is 40.5 Å². The van der Waals surface area contributed by atoms with Gasteiger partial charge in [0, 0.05) is 29.3 Å². The van der Waals surface area contributed by atoms with E-state index in [1.165, 1.54) is 28.3 Å². The molecule has 3 heterocycles. The van der Waals surface area contributed by atoms with E-state index in [0.29, 0.717) is 0 Å². The second-order valence-electron chi connectivity index (χ2n) is 5.01. The van der Waals surface area contributed by atoms with Crippen LogP contribution in [0.3, 0.4) is 0 Å². The number of hydrogen-bond donors (Lipinski definition) is 0. The predicted octanol–water partition coefficient (Wildman–Crippen LogP) is 4.67. The molecule has 1 aromatic carbocycles. The minimum absolute atomic E-state index is 0.143. The molecule has 1 nitrogen and oxygen atoms in total. The summed E-state index contributed by atoms with van der Waals surface area (Å²) in [6.45, 7) is 3.21. The van der Waals surface area contributed by atoms with Crippen LogP contribution >= 0.6 is 34.9 Å².